The van der Waals surface area contributed by atoms with Crippen LogP contribution in [0.3, 0.4) is 0 Å². The molecule has 1 aliphatic rings. The molecule has 1 rings (SSSR count). The molecule has 0 spiro atoms. The molecule has 0 saturated carbocycles. The number of thioether (sulfide) groups is 1. The van der Waals surface area contributed by atoms with Crippen LogP contribution in [0.15, 0.2) is 0 Å². The molecule has 0 aromatic rings. The maximum absolute atomic E-state index is 11.7. The van der Waals surface area contributed by atoms with E-state index in [0.29, 0.717) is 24.9 Å². The molecule has 0 radical (unpaired) electrons. The van der Waals surface area contributed by atoms with Crippen LogP contribution in [0, 0.1) is 5.92 Å². The van der Waals surface area contributed by atoms with Gasteiger partial charge in [0, 0.05) is 43.7 Å². The molecule has 0 bridgehead atoms. The van der Waals surface area contributed by atoms with Gasteiger partial charge in [-0.1, -0.05) is 13.3 Å². The Morgan fingerprint density at radius 3 is 3.06 bits per heavy atom. The van der Waals surface area contributed by atoms with E-state index in [1.54, 1.807) is 0 Å². The molecular weight excluding hydrogens is 236 g/mol. The molecule has 100 valence electrons. The minimum Gasteiger partial charge on any atom is -0.396 e. The summed E-state index contributed by atoms with van der Waals surface area (Å²) in [6.45, 7) is 3.99. The van der Waals surface area contributed by atoms with Crippen LogP contribution in [0.2, 0.25) is 0 Å². The Morgan fingerprint density at radius 2 is 2.47 bits per heavy atom. The van der Waals surface area contributed by atoms with Gasteiger partial charge in [-0.25, -0.2) is 0 Å². The molecule has 17 heavy (non-hydrogen) atoms. The number of carbonyl (C=O) groups is 1. The van der Waals surface area contributed by atoms with E-state index in [2.05, 4.69) is 17.6 Å². The van der Waals surface area contributed by atoms with Gasteiger partial charge in [-0.15, -0.1) is 0 Å². The van der Waals surface area contributed by atoms with Crippen LogP contribution in [-0.4, -0.2) is 48.3 Å². The lowest BCUT2D eigenvalue weighted by molar-refractivity contribution is -0.121. The first kappa shape index (κ1) is 14.8. The van der Waals surface area contributed by atoms with Gasteiger partial charge < -0.3 is 15.7 Å². The minimum atomic E-state index is 0.126. The number of amides is 1. The van der Waals surface area contributed by atoms with E-state index >= 15 is 0 Å². The van der Waals surface area contributed by atoms with Crippen molar-refractivity contribution in [3.63, 3.8) is 0 Å². The number of hydrogen-bond acceptors (Lipinski definition) is 4. The van der Waals surface area contributed by atoms with Crippen LogP contribution in [-0.2, 0) is 4.79 Å². The fourth-order valence-corrected chi connectivity index (χ4v) is 2.89. The van der Waals surface area contributed by atoms with Crippen molar-refractivity contribution in [3.8, 4) is 0 Å². The molecule has 1 fully saturated rings. The molecule has 1 aliphatic heterocycles. The Balaban J connectivity index is 2.14. The number of rotatable bonds is 7. The van der Waals surface area contributed by atoms with Crippen molar-refractivity contribution in [2.45, 2.75) is 32.2 Å². The van der Waals surface area contributed by atoms with E-state index in [1.165, 1.54) is 0 Å². The van der Waals surface area contributed by atoms with Crippen molar-refractivity contribution in [1.82, 2.24) is 10.6 Å². The van der Waals surface area contributed by atoms with Crippen molar-refractivity contribution in [3.05, 3.63) is 0 Å². The number of hydrogen-bond donors (Lipinski definition) is 3. The topological polar surface area (TPSA) is 61.4 Å². The Kier molecular flexibility index (Phi) is 7.64. The first-order valence-corrected chi connectivity index (χ1v) is 7.60. The number of carbonyl (C=O) groups excluding carboxylic acids is 1. The van der Waals surface area contributed by atoms with E-state index in [9.17, 15) is 4.79 Å². The van der Waals surface area contributed by atoms with E-state index in [-0.39, 0.29) is 12.5 Å². The second kappa shape index (κ2) is 8.78. The van der Waals surface area contributed by atoms with Gasteiger partial charge in [-0.05, 0) is 12.3 Å². The standard InChI is InChI=1S/C12H24N2O2S/c1-2-10(3-5-15)8-14-12(16)7-11-9-17-6-4-13-11/h10-11,13,15H,2-9H2,1H3,(H,14,16). The predicted octanol–water partition coefficient (Wildman–Crippen LogP) is 0.606. The Morgan fingerprint density at radius 1 is 1.65 bits per heavy atom. The Hall–Kier alpha value is -0.260. The number of aliphatic hydroxyl groups is 1. The number of aliphatic hydroxyl groups excluding tert-OH is 1. The van der Waals surface area contributed by atoms with Gasteiger partial charge in [0.2, 0.25) is 5.91 Å². The van der Waals surface area contributed by atoms with Crippen LogP contribution >= 0.6 is 11.8 Å². The maximum atomic E-state index is 11.7. The summed E-state index contributed by atoms with van der Waals surface area (Å²) < 4.78 is 0. The summed E-state index contributed by atoms with van der Waals surface area (Å²) in [5.74, 6) is 2.70. The molecule has 1 heterocycles. The highest BCUT2D eigenvalue weighted by molar-refractivity contribution is 7.99. The quantitative estimate of drug-likeness (QED) is 0.627. The summed E-state index contributed by atoms with van der Waals surface area (Å²) in [5, 5.41) is 15.2. The molecule has 5 heteroatoms. The SMILES string of the molecule is CCC(CCO)CNC(=O)CC1CSCCN1. The largest absolute Gasteiger partial charge is 0.396 e. The molecule has 3 N–H and O–H groups in total. The average Bonchev–Trinajstić information content (AvgIpc) is 2.35. The van der Waals surface area contributed by atoms with Gasteiger partial charge in [0.05, 0.1) is 0 Å². The van der Waals surface area contributed by atoms with Crippen molar-refractivity contribution < 1.29 is 9.90 Å². The van der Waals surface area contributed by atoms with Crippen molar-refractivity contribution in [2.75, 3.05) is 31.2 Å². The molecule has 0 aromatic carbocycles. The second-order valence-electron chi connectivity index (χ2n) is 4.52. The van der Waals surface area contributed by atoms with Crippen molar-refractivity contribution >= 4 is 17.7 Å². The van der Waals surface area contributed by atoms with Crippen LogP contribution in [0.1, 0.15) is 26.2 Å². The molecule has 2 unspecified atom stereocenters. The van der Waals surface area contributed by atoms with Crippen LogP contribution < -0.4 is 10.6 Å². The summed E-state index contributed by atoms with van der Waals surface area (Å²) >= 11 is 1.91. The predicted molar refractivity (Wildman–Crippen MR) is 72.2 cm³/mol. The third-order valence-electron chi connectivity index (χ3n) is 3.13. The van der Waals surface area contributed by atoms with Gasteiger partial charge in [-0.2, -0.15) is 11.8 Å². The lowest BCUT2D eigenvalue weighted by Gasteiger charge is -2.23. The molecule has 0 aliphatic carbocycles. The zero-order chi connectivity index (χ0) is 12.5. The molecule has 0 aromatic heterocycles. The molecule has 1 saturated heterocycles. The third-order valence-corrected chi connectivity index (χ3v) is 4.26. The van der Waals surface area contributed by atoms with Gasteiger partial charge in [0.25, 0.3) is 0 Å². The lowest BCUT2D eigenvalue weighted by Crippen LogP contribution is -2.42. The van der Waals surface area contributed by atoms with Crippen LogP contribution in [0.4, 0.5) is 0 Å². The summed E-state index contributed by atoms with van der Waals surface area (Å²) in [4.78, 5) is 11.7. The van der Waals surface area contributed by atoms with Gasteiger partial charge in [-0.3, -0.25) is 4.79 Å². The highest BCUT2D eigenvalue weighted by Gasteiger charge is 2.17. The summed E-state index contributed by atoms with van der Waals surface area (Å²) in [5.41, 5.74) is 0. The first-order valence-electron chi connectivity index (χ1n) is 6.45. The number of nitrogens with one attached hydrogen (secondary N) is 2. The highest BCUT2D eigenvalue weighted by Crippen LogP contribution is 2.10. The highest BCUT2D eigenvalue weighted by atomic mass is 32.2. The Bertz CT molecular complexity index is 221. The zero-order valence-corrected chi connectivity index (χ0v) is 11.4. The molecule has 2 atom stereocenters. The maximum Gasteiger partial charge on any atom is 0.221 e. The first-order chi connectivity index (χ1) is 8.26. The van der Waals surface area contributed by atoms with Crippen molar-refractivity contribution in [2.24, 2.45) is 5.92 Å². The van der Waals surface area contributed by atoms with Crippen LogP contribution in [0.5, 0.6) is 0 Å². The normalized spacial score (nSPS) is 22.1. The lowest BCUT2D eigenvalue weighted by atomic mass is 10.0. The minimum absolute atomic E-state index is 0.126. The zero-order valence-electron chi connectivity index (χ0n) is 10.6. The summed E-state index contributed by atoms with van der Waals surface area (Å²) in [7, 11) is 0. The smallest absolute Gasteiger partial charge is 0.221 e. The molecule has 4 nitrogen and oxygen atoms in total. The van der Waals surface area contributed by atoms with E-state index in [1.807, 2.05) is 11.8 Å². The van der Waals surface area contributed by atoms with Gasteiger partial charge in [0.1, 0.15) is 0 Å². The van der Waals surface area contributed by atoms with Crippen molar-refractivity contribution in [1.29, 1.82) is 0 Å². The van der Waals surface area contributed by atoms with Gasteiger partial charge in [0.15, 0.2) is 0 Å². The second-order valence-corrected chi connectivity index (χ2v) is 5.67. The Labute approximate surface area is 108 Å². The fourth-order valence-electron chi connectivity index (χ4n) is 1.94. The van der Waals surface area contributed by atoms with E-state index in [0.717, 1.165) is 30.9 Å². The van der Waals surface area contributed by atoms with E-state index in [4.69, 9.17) is 5.11 Å². The fraction of sp³-hybridized carbons (Fsp3) is 0.917. The monoisotopic (exact) mass is 260 g/mol. The third kappa shape index (κ3) is 6.29. The van der Waals surface area contributed by atoms with Crippen LogP contribution in [0.25, 0.3) is 0 Å². The van der Waals surface area contributed by atoms with E-state index < -0.39 is 0 Å². The molecular formula is C12H24N2O2S. The summed E-state index contributed by atoms with van der Waals surface area (Å²) in [6, 6.07) is 0.326. The summed E-state index contributed by atoms with van der Waals surface area (Å²) in [6.07, 6.45) is 2.34. The van der Waals surface area contributed by atoms with Gasteiger partial charge >= 0.3 is 0 Å². The average molecular weight is 260 g/mol. The molecule has 1 amide bonds.